The highest BCUT2D eigenvalue weighted by Gasteiger charge is 2.33. The highest BCUT2D eigenvalue weighted by Crippen LogP contribution is 2.26. The third-order valence-corrected chi connectivity index (χ3v) is 5.34. The second kappa shape index (κ2) is 7.89. The number of carbonyl (C=O) groups is 2. The summed E-state index contributed by atoms with van der Waals surface area (Å²) in [5.41, 5.74) is 0.807. The molecule has 0 spiro atoms. The zero-order valence-corrected chi connectivity index (χ0v) is 15.3. The van der Waals surface area contributed by atoms with Gasteiger partial charge in [0.1, 0.15) is 0 Å². The van der Waals surface area contributed by atoms with Crippen LogP contribution in [0.4, 0.5) is 10.5 Å². The molecule has 2 heterocycles. The van der Waals surface area contributed by atoms with Crippen molar-refractivity contribution in [2.24, 2.45) is 17.8 Å². The molecule has 1 aromatic carbocycles. The molecule has 2 fully saturated rings. The maximum absolute atomic E-state index is 12.8. The summed E-state index contributed by atoms with van der Waals surface area (Å²) in [6.07, 6.45) is 2.74. The van der Waals surface area contributed by atoms with Crippen LogP contribution < -0.4 is 5.32 Å². The molecule has 0 aromatic heterocycles. The van der Waals surface area contributed by atoms with Crippen molar-refractivity contribution in [2.45, 2.75) is 33.1 Å². The SMILES string of the molecule is C[C@@H]1C[C@@H](C)CN(C(=O)C2CCN(C(=O)Nc3ccccc3)CC2)C1. The molecule has 0 saturated carbocycles. The van der Waals surface area contributed by atoms with E-state index in [0.29, 0.717) is 30.8 Å². The number of anilines is 1. The van der Waals surface area contributed by atoms with Crippen molar-refractivity contribution in [2.75, 3.05) is 31.5 Å². The number of urea groups is 1. The van der Waals surface area contributed by atoms with Crippen LogP contribution >= 0.6 is 0 Å². The Kier molecular flexibility index (Phi) is 5.61. The van der Waals surface area contributed by atoms with Crippen molar-refractivity contribution in [1.29, 1.82) is 0 Å². The molecule has 0 bridgehead atoms. The first-order chi connectivity index (χ1) is 12.0. The van der Waals surface area contributed by atoms with E-state index in [1.807, 2.05) is 35.2 Å². The summed E-state index contributed by atoms with van der Waals surface area (Å²) in [4.78, 5) is 29.0. The van der Waals surface area contributed by atoms with Crippen LogP contribution in [-0.2, 0) is 4.79 Å². The van der Waals surface area contributed by atoms with Gasteiger partial charge in [0, 0.05) is 37.8 Å². The van der Waals surface area contributed by atoms with E-state index in [0.717, 1.165) is 31.6 Å². The summed E-state index contributed by atoms with van der Waals surface area (Å²) in [7, 11) is 0. The molecule has 5 nitrogen and oxygen atoms in total. The second-order valence-electron chi connectivity index (χ2n) is 7.75. The molecule has 5 heteroatoms. The molecular formula is C20H29N3O2. The molecule has 1 aromatic rings. The van der Waals surface area contributed by atoms with Gasteiger partial charge in [0.2, 0.25) is 5.91 Å². The fourth-order valence-electron chi connectivity index (χ4n) is 4.15. The third kappa shape index (κ3) is 4.53. The van der Waals surface area contributed by atoms with Crippen molar-refractivity contribution in [3.63, 3.8) is 0 Å². The van der Waals surface area contributed by atoms with E-state index in [4.69, 9.17) is 0 Å². The number of hydrogen-bond acceptors (Lipinski definition) is 2. The van der Waals surface area contributed by atoms with Gasteiger partial charge in [-0.15, -0.1) is 0 Å². The minimum absolute atomic E-state index is 0.0678. The standard InChI is InChI=1S/C20H29N3O2/c1-15-12-16(2)14-23(13-15)19(24)17-8-10-22(11-9-17)20(25)21-18-6-4-3-5-7-18/h3-7,15-17H,8-14H2,1-2H3,(H,21,25)/t15-,16-/m1/s1. The molecule has 0 radical (unpaired) electrons. The maximum atomic E-state index is 12.8. The van der Waals surface area contributed by atoms with Gasteiger partial charge in [-0.25, -0.2) is 4.79 Å². The lowest BCUT2D eigenvalue weighted by Gasteiger charge is -2.39. The number of carbonyl (C=O) groups excluding carboxylic acids is 2. The molecule has 0 aliphatic carbocycles. The monoisotopic (exact) mass is 343 g/mol. The third-order valence-electron chi connectivity index (χ3n) is 5.34. The van der Waals surface area contributed by atoms with Crippen LogP contribution in [0, 0.1) is 17.8 Å². The summed E-state index contributed by atoms with van der Waals surface area (Å²) in [5, 5.41) is 2.92. The minimum atomic E-state index is -0.0719. The van der Waals surface area contributed by atoms with Crippen LogP contribution in [0.15, 0.2) is 30.3 Å². The topological polar surface area (TPSA) is 52.7 Å². The Bertz CT molecular complexity index is 586. The fraction of sp³-hybridized carbons (Fsp3) is 0.600. The average molecular weight is 343 g/mol. The Balaban J connectivity index is 1.49. The summed E-state index contributed by atoms with van der Waals surface area (Å²) in [6, 6.07) is 9.43. The minimum Gasteiger partial charge on any atom is -0.342 e. The van der Waals surface area contributed by atoms with E-state index >= 15 is 0 Å². The first-order valence-electron chi connectivity index (χ1n) is 9.42. The van der Waals surface area contributed by atoms with Crippen molar-refractivity contribution in [3.8, 4) is 0 Å². The van der Waals surface area contributed by atoms with E-state index in [1.54, 1.807) is 0 Å². The maximum Gasteiger partial charge on any atom is 0.321 e. The smallest absolute Gasteiger partial charge is 0.321 e. The van der Waals surface area contributed by atoms with Crippen LogP contribution in [-0.4, -0.2) is 47.9 Å². The molecule has 3 rings (SSSR count). The predicted octanol–water partition coefficient (Wildman–Crippen LogP) is 3.44. The molecular weight excluding hydrogens is 314 g/mol. The molecule has 0 unspecified atom stereocenters. The number of amides is 3. The van der Waals surface area contributed by atoms with Gasteiger partial charge < -0.3 is 15.1 Å². The lowest BCUT2D eigenvalue weighted by molar-refractivity contribution is -0.139. The normalized spacial score (nSPS) is 24.9. The van der Waals surface area contributed by atoms with Crippen LogP contribution in [0.2, 0.25) is 0 Å². The number of likely N-dealkylation sites (tertiary alicyclic amines) is 2. The van der Waals surface area contributed by atoms with E-state index in [9.17, 15) is 9.59 Å². The van der Waals surface area contributed by atoms with Crippen LogP contribution in [0.25, 0.3) is 0 Å². The molecule has 25 heavy (non-hydrogen) atoms. The lowest BCUT2D eigenvalue weighted by Crippen LogP contribution is -2.49. The summed E-state index contributed by atoms with van der Waals surface area (Å²) >= 11 is 0. The Labute approximate surface area is 150 Å². The van der Waals surface area contributed by atoms with E-state index < -0.39 is 0 Å². The second-order valence-corrected chi connectivity index (χ2v) is 7.75. The molecule has 2 aliphatic rings. The number of nitrogens with zero attached hydrogens (tertiary/aromatic N) is 2. The van der Waals surface area contributed by atoms with Gasteiger partial charge in [-0.05, 0) is 43.2 Å². The number of para-hydroxylation sites is 1. The number of hydrogen-bond donors (Lipinski definition) is 1. The van der Waals surface area contributed by atoms with Gasteiger partial charge >= 0.3 is 6.03 Å². The van der Waals surface area contributed by atoms with Gasteiger partial charge in [-0.1, -0.05) is 32.0 Å². The fourth-order valence-corrected chi connectivity index (χ4v) is 4.15. The Morgan fingerprint density at radius 2 is 1.56 bits per heavy atom. The largest absolute Gasteiger partial charge is 0.342 e. The van der Waals surface area contributed by atoms with Gasteiger partial charge in [0.05, 0.1) is 0 Å². The van der Waals surface area contributed by atoms with Crippen LogP contribution in [0.1, 0.15) is 33.1 Å². The Hall–Kier alpha value is -2.04. The van der Waals surface area contributed by atoms with Gasteiger partial charge in [0.25, 0.3) is 0 Å². The first kappa shape index (κ1) is 17.8. The van der Waals surface area contributed by atoms with Crippen molar-refractivity contribution < 1.29 is 9.59 Å². The van der Waals surface area contributed by atoms with Crippen molar-refractivity contribution >= 4 is 17.6 Å². The number of rotatable bonds is 2. The summed E-state index contributed by atoms with van der Waals surface area (Å²) in [6.45, 7) is 7.52. The zero-order chi connectivity index (χ0) is 17.8. The molecule has 3 amide bonds. The Morgan fingerprint density at radius 3 is 2.16 bits per heavy atom. The molecule has 1 N–H and O–H groups in total. The first-order valence-corrected chi connectivity index (χ1v) is 9.42. The quantitative estimate of drug-likeness (QED) is 0.894. The van der Waals surface area contributed by atoms with Crippen LogP contribution in [0.5, 0.6) is 0 Å². The predicted molar refractivity (Wildman–Crippen MR) is 99.3 cm³/mol. The molecule has 2 aliphatic heterocycles. The highest BCUT2D eigenvalue weighted by atomic mass is 16.2. The average Bonchev–Trinajstić information content (AvgIpc) is 2.61. The number of nitrogens with one attached hydrogen (secondary N) is 1. The summed E-state index contributed by atoms with van der Waals surface area (Å²) < 4.78 is 0. The molecule has 136 valence electrons. The van der Waals surface area contributed by atoms with Gasteiger partial charge in [-0.2, -0.15) is 0 Å². The van der Waals surface area contributed by atoms with Gasteiger partial charge in [-0.3, -0.25) is 4.79 Å². The van der Waals surface area contributed by atoms with Gasteiger partial charge in [0.15, 0.2) is 0 Å². The van der Waals surface area contributed by atoms with Crippen molar-refractivity contribution in [1.82, 2.24) is 9.80 Å². The van der Waals surface area contributed by atoms with E-state index in [-0.39, 0.29) is 11.9 Å². The van der Waals surface area contributed by atoms with E-state index in [1.165, 1.54) is 6.42 Å². The van der Waals surface area contributed by atoms with Crippen LogP contribution in [0.3, 0.4) is 0 Å². The molecule has 2 atom stereocenters. The lowest BCUT2D eigenvalue weighted by atomic mass is 9.89. The Morgan fingerprint density at radius 1 is 0.960 bits per heavy atom. The number of piperidine rings is 2. The number of benzene rings is 1. The zero-order valence-electron chi connectivity index (χ0n) is 15.3. The molecule has 2 saturated heterocycles. The summed E-state index contributed by atoms with van der Waals surface area (Å²) in [5.74, 6) is 1.54. The highest BCUT2D eigenvalue weighted by molar-refractivity contribution is 5.89. The van der Waals surface area contributed by atoms with E-state index in [2.05, 4.69) is 24.1 Å². The van der Waals surface area contributed by atoms with Crippen molar-refractivity contribution in [3.05, 3.63) is 30.3 Å².